The lowest BCUT2D eigenvalue weighted by Crippen LogP contribution is -2.38. The summed E-state index contributed by atoms with van der Waals surface area (Å²) in [6, 6.07) is 0.641. The number of nitrogens with zero attached hydrogens (tertiary/aromatic N) is 3. The van der Waals surface area contributed by atoms with Gasteiger partial charge >= 0.3 is 0 Å². The molecule has 0 amide bonds. The van der Waals surface area contributed by atoms with E-state index in [1.165, 1.54) is 12.8 Å². The molecule has 2 rings (SSSR count). The van der Waals surface area contributed by atoms with Crippen molar-refractivity contribution in [2.24, 2.45) is 4.99 Å². The number of rotatable bonds is 5. The Morgan fingerprint density at radius 3 is 2.89 bits per heavy atom. The van der Waals surface area contributed by atoms with Crippen LogP contribution in [0.5, 0.6) is 0 Å². The molecule has 102 valence electrons. The van der Waals surface area contributed by atoms with Crippen molar-refractivity contribution in [1.29, 1.82) is 0 Å². The molecule has 0 bridgehead atoms. The molecule has 0 atom stereocenters. The third-order valence-corrected chi connectivity index (χ3v) is 2.80. The summed E-state index contributed by atoms with van der Waals surface area (Å²) in [4.78, 5) is 8.75. The minimum absolute atomic E-state index is 0. The van der Waals surface area contributed by atoms with Crippen LogP contribution in [0.4, 0.5) is 0 Å². The van der Waals surface area contributed by atoms with Crippen molar-refractivity contribution in [1.82, 2.24) is 20.2 Å². The maximum absolute atomic E-state index is 4.56. The van der Waals surface area contributed by atoms with Crippen LogP contribution in [0.3, 0.4) is 0 Å². The highest BCUT2D eigenvalue weighted by Gasteiger charge is 2.21. The van der Waals surface area contributed by atoms with E-state index in [1.54, 1.807) is 0 Å². The lowest BCUT2D eigenvalue weighted by Gasteiger charge is -2.10. The average Bonchev–Trinajstić information content (AvgIpc) is 3.02. The number of guanidine groups is 1. The monoisotopic (exact) mass is 363 g/mol. The van der Waals surface area contributed by atoms with Gasteiger partial charge in [-0.25, -0.2) is 4.98 Å². The van der Waals surface area contributed by atoms with Gasteiger partial charge in [0.1, 0.15) is 5.82 Å². The topological polar surface area (TPSA) is 54.2 Å². The molecule has 0 radical (unpaired) electrons. The van der Waals surface area contributed by atoms with Crippen molar-refractivity contribution >= 4 is 29.9 Å². The lowest BCUT2D eigenvalue weighted by molar-refractivity contribution is 0.677. The Morgan fingerprint density at radius 1 is 1.56 bits per heavy atom. The van der Waals surface area contributed by atoms with Gasteiger partial charge in [-0.3, -0.25) is 4.99 Å². The van der Waals surface area contributed by atoms with Crippen molar-refractivity contribution in [3.63, 3.8) is 0 Å². The Hall–Kier alpha value is -0.790. The Labute approximate surface area is 125 Å². The highest BCUT2D eigenvalue weighted by Crippen LogP contribution is 2.18. The number of aliphatic imine (C=N–C) groups is 1. The molecule has 1 heterocycles. The first-order chi connectivity index (χ1) is 8.29. The zero-order valence-electron chi connectivity index (χ0n) is 11.0. The van der Waals surface area contributed by atoms with E-state index in [0.29, 0.717) is 6.04 Å². The molecular formula is C12H22IN5. The van der Waals surface area contributed by atoms with Gasteiger partial charge in [-0.1, -0.05) is 0 Å². The lowest BCUT2D eigenvalue weighted by atomic mass is 10.5. The molecule has 0 spiro atoms. The third kappa shape index (κ3) is 4.83. The molecule has 1 aliphatic carbocycles. The molecule has 1 aromatic rings. The van der Waals surface area contributed by atoms with E-state index in [1.807, 2.05) is 19.3 Å². The van der Waals surface area contributed by atoms with Crippen molar-refractivity contribution in [3.8, 4) is 0 Å². The molecule has 6 heteroatoms. The summed E-state index contributed by atoms with van der Waals surface area (Å²) in [5.74, 6) is 1.98. The minimum atomic E-state index is 0. The fraction of sp³-hybridized carbons (Fsp3) is 0.667. The summed E-state index contributed by atoms with van der Waals surface area (Å²) >= 11 is 0. The molecule has 0 aromatic carbocycles. The Balaban J connectivity index is 0.00000162. The van der Waals surface area contributed by atoms with Crippen molar-refractivity contribution in [2.75, 3.05) is 13.1 Å². The average molecular weight is 363 g/mol. The molecule has 0 saturated heterocycles. The summed E-state index contributed by atoms with van der Waals surface area (Å²) in [5.41, 5.74) is 0. The predicted molar refractivity (Wildman–Crippen MR) is 84.5 cm³/mol. The van der Waals surface area contributed by atoms with Gasteiger partial charge in [0.2, 0.25) is 0 Å². The summed E-state index contributed by atoms with van der Waals surface area (Å²) in [7, 11) is 0. The number of nitrogens with one attached hydrogen (secondary N) is 2. The Kier molecular flexibility index (Phi) is 6.45. The molecule has 1 aromatic heterocycles. The SMILES string of the molecule is CCNC(=NCCn1ccnc1C)NC1CC1.I. The van der Waals surface area contributed by atoms with Crippen LogP contribution in [-0.4, -0.2) is 34.6 Å². The van der Waals surface area contributed by atoms with E-state index >= 15 is 0 Å². The van der Waals surface area contributed by atoms with Crippen LogP contribution in [0.15, 0.2) is 17.4 Å². The number of hydrogen-bond donors (Lipinski definition) is 2. The predicted octanol–water partition coefficient (Wildman–Crippen LogP) is 1.53. The fourth-order valence-electron chi connectivity index (χ4n) is 1.65. The van der Waals surface area contributed by atoms with Crippen LogP contribution in [0.2, 0.25) is 0 Å². The number of aryl methyl sites for hydroxylation is 1. The summed E-state index contributed by atoms with van der Waals surface area (Å²) in [6.45, 7) is 6.66. The second-order valence-corrected chi connectivity index (χ2v) is 4.35. The Bertz CT molecular complexity index is 384. The van der Waals surface area contributed by atoms with E-state index in [2.05, 4.69) is 32.1 Å². The maximum Gasteiger partial charge on any atom is 0.191 e. The minimum Gasteiger partial charge on any atom is -0.357 e. The summed E-state index contributed by atoms with van der Waals surface area (Å²) in [5, 5.41) is 6.66. The van der Waals surface area contributed by atoms with Crippen LogP contribution < -0.4 is 10.6 Å². The number of halogens is 1. The second-order valence-electron chi connectivity index (χ2n) is 4.35. The highest BCUT2D eigenvalue weighted by molar-refractivity contribution is 14.0. The molecule has 5 nitrogen and oxygen atoms in total. The zero-order valence-corrected chi connectivity index (χ0v) is 13.3. The van der Waals surface area contributed by atoms with E-state index in [-0.39, 0.29) is 24.0 Å². The second kappa shape index (κ2) is 7.60. The van der Waals surface area contributed by atoms with Gasteiger partial charge in [-0.05, 0) is 26.7 Å². The van der Waals surface area contributed by atoms with E-state index in [0.717, 1.165) is 31.4 Å². The molecule has 1 aliphatic rings. The number of imidazole rings is 1. The van der Waals surface area contributed by atoms with Gasteiger partial charge < -0.3 is 15.2 Å². The van der Waals surface area contributed by atoms with Crippen LogP contribution in [-0.2, 0) is 6.54 Å². The summed E-state index contributed by atoms with van der Waals surface area (Å²) in [6.07, 6.45) is 6.36. The number of hydrogen-bond acceptors (Lipinski definition) is 2. The van der Waals surface area contributed by atoms with E-state index in [9.17, 15) is 0 Å². The third-order valence-electron chi connectivity index (χ3n) is 2.80. The smallest absolute Gasteiger partial charge is 0.191 e. The molecule has 0 aliphatic heterocycles. The van der Waals surface area contributed by atoms with Crippen molar-refractivity contribution in [2.45, 2.75) is 39.3 Å². The first-order valence-corrected chi connectivity index (χ1v) is 6.32. The van der Waals surface area contributed by atoms with Gasteiger partial charge in [0.15, 0.2) is 5.96 Å². The molecule has 18 heavy (non-hydrogen) atoms. The van der Waals surface area contributed by atoms with E-state index in [4.69, 9.17) is 0 Å². The van der Waals surface area contributed by atoms with Crippen LogP contribution >= 0.6 is 24.0 Å². The molecule has 1 saturated carbocycles. The first kappa shape index (κ1) is 15.3. The zero-order chi connectivity index (χ0) is 12.1. The highest BCUT2D eigenvalue weighted by atomic mass is 127. The molecule has 2 N–H and O–H groups in total. The molecule has 1 fully saturated rings. The van der Waals surface area contributed by atoms with Crippen molar-refractivity contribution in [3.05, 3.63) is 18.2 Å². The number of aromatic nitrogens is 2. The van der Waals surface area contributed by atoms with Gasteiger partial charge in [-0.15, -0.1) is 24.0 Å². The van der Waals surface area contributed by atoms with E-state index < -0.39 is 0 Å². The van der Waals surface area contributed by atoms with Gasteiger partial charge in [0.25, 0.3) is 0 Å². The van der Waals surface area contributed by atoms with Crippen LogP contribution in [0.1, 0.15) is 25.6 Å². The van der Waals surface area contributed by atoms with Crippen LogP contribution in [0, 0.1) is 6.92 Å². The van der Waals surface area contributed by atoms with Gasteiger partial charge in [0.05, 0.1) is 6.54 Å². The largest absolute Gasteiger partial charge is 0.357 e. The van der Waals surface area contributed by atoms with Gasteiger partial charge in [-0.2, -0.15) is 0 Å². The summed E-state index contributed by atoms with van der Waals surface area (Å²) < 4.78 is 2.12. The molecule has 0 unspecified atom stereocenters. The van der Waals surface area contributed by atoms with Gasteiger partial charge in [0, 0.05) is 31.5 Å². The standard InChI is InChI=1S/C12H21N5.HI/c1-3-13-12(16-11-4-5-11)15-7-9-17-8-6-14-10(17)2;/h6,8,11H,3-5,7,9H2,1-2H3,(H2,13,15,16);1H. The fourth-order valence-corrected chi connectivity index (χ4v) is 1.65. The van der Waals surface area contributed by atoms with Crippen LogP contribution in [0.25, 0.3) is 0 Å². The Morgan fingerprint density at radius 2 is 2.33 bits per heavy atom. The van der Waals surface area contributed by atoms with Crippen molar-refractivity contribution < 1.29 is 0 Å². The normalized spacial score (nSPS) is 15.1. The first-order valence-electron chi connectivity index (χ1n) is 6.32. The maximum atomic E-state index is 4.56. The quantitative estimate of drug-likeness (QED) is 0.474. The molecular weight excluding hydrogens is 341 g/mol.